The molecule has 0 aliphatic rings. The number of anilines is 1. The summed E-state index contributed by atoms with van der Waals surface area (Å²) in [5.74, 6) is 0.0145. The highest BCUT2D eigenvalue weighted by Gasteiger charge is 2.09. The van der Waals surface area contributed by atoms with E-state index in [2.05, 4.69) is 10.6 Å². The summed E-state index contributed by atoms with van der Waals surface area (Å²) in [6.07, 6.45) is 1.75. The zero-order chi connectivity index (χ0) is 17.8. The molecule has 7 heteroatoms. The average Bonchev–Trinajstić information content (AvgIpc) is 2.56. The first-order valence-corrected chi connectivity index (χ1v) is 8.45. The number of carbonyl (C=O) groups excluding carboxylic acids is 2. The summed E-state index contributed by atoms with van der Waals surface area (Å²) in [4.78, 5) is 23.1. The molecule has 0 saturated heterocycles. The number of esters is 1. The molecule has 0 spiro atoms. The zero-order valence-corrected chi connectivity index (χ0v) is 14.9. The molecule has 24 heavy (non-hydrogen) atoms. The topological polar surface area (TPSA) is 76.7 Å². The van der Waals surface area contributed by atoms with Crippen molar-refractivity contribution >= 4 is 34.9 Å². The number of nitrogens with one attached hydrogen (secondary N) is 2. The number of carbonyl (C=O) groups is 2. The molecule has 0 aliphatic heterocycles. The molecule has 1 rings (SSSR count). The van der Waals surface area contributed by atoms with Crippen LogP contribution in [0.4, 0.5) is 5.69 Å². The second-order valence-electron chi connectivity index (χ2n) is 5.10. The van der Waals surface area contributed by atoms with Crippen molar-refractivity contribution in [3.05, 3.63) is 24.3 Å². The molecule has 0 aliphatic carbocycles. The van der Waals surface area contributed by atoms with Crippen LogP contribution in [0, 0.1) is 0 Å². The summed E-state index contributed by atoms with van der Waals surface area (Å²) in [5.41, 5.74) is 0.719. The fraction of sp³-hybridized carbons (Fsp3) is 0.471. The minimum absolute atomic E-state index is 0.0318. The van der Waals surface area contributed by atoms with Crippen LogP contribution in [0.5, 0.6) is 5.75 Å². The molecule has 0 heterocycles. The van der Waals surface area contributed by atoms with Crippen LogP contribution in [-0.2, 0) is 14.3 Å². The zero-order valence-electron chi connectivity index (χ0n) is 14.1. The maximum absolute atomic E-state index is 11.8. The molecule has 1 aromatic carbocycles. The Morgan fingerprint density at radius 3 is 2.58 bits per heavy atom. The maximum atomic E-state index is 11.8. The van der Waals surface area contributed by atoms with Crippen LogP contribution in [0.3, 0.4) is 0 Å². The summed E-state index contributed by atoms with van der Waals surface area (Å²) in [6.45, 7) is 4.95. The Kier molecular flexibility index (Phi) is 9.45. The quantitative estimate of drug-likeness (QED) is 0.525. The molecule has 6 nitrogen and oxygen atoms in total. The van der Waals surface area contributed by atoms with Gasteiger partial charge in [-0.15, -0.1) is 0 Å². The van der Waals surface area contributed by atoms with Crippen LogP contribution < -0.4 is 15.4 Å². The van der Waals surface area contributed by atoms with E-state index >= 15 is 0 Å². The second-order valence-corrected chi connectivity index (χ2v) is 5.51. The van der Waals surface area contributed by atoms with E-state index in [0.717, 1.165) is 24.3 Å². The summed E-state index contributed by atoms with van der Waals surface area (Å²) in [7, 11) is 0. The molecule has 2 N–H and O–H groups in total. The molecule has 0 radical (unpaired) electrons. The van der Waals surface area contributed by atoms with Crippen LogP contribution in [0.25, 0.3) is 0 Å². The Hall–Kier alpha value is -2.15. The minimum Gasteiger partial charge on any atom is -0.494 e. The minimum atomic E-state index is -0.383. The molecular formula is C17H24N2O4S. The van der Waals surface area contributed by atoms with Crippen LogP contribution in [0.15, 0.2) is 24.3 Å². The van der Waals surface area contributed by atoms with Gasteiger partial charge in [-0.2, -0.15) is 0 Å². The number of amides is 1. The van der Waals surface area contributed by atoms with Gasteiger partial charge in [0.25, 0.3) is 0 Å². The largest absolute Gasteiger partial charge is 0.494 e. The molecule has 0 saturated carbocycles. The van der Waals surface area contributed by atoms with Crippen LogP contribution in [-0.4, -0.2) is 30.2 Å². The molecule has 0 fully saturated rings. The molecule has 0 unspecified atom stereocenters. The van der Waals surface area contributed by atoms with Gasteiger partial charge >= 0.3 is 5.97 Å². The van der Waals surface area contributed by atoms with E-state index in [1.807, 2.05) is 32.0 Å². The van der Waals surface area contributed by atoms with Crippen molar-refractivity contribution in [2.75, 3.05) is 18.5 Å². The van der Waals surface area contributed by atoms with E-state index in [4.69, 9.17) is 21.7 Å². The first-order valence-electron chi connectivity index (χ1n) is 8.04. The van der Waals surface area contributed by atoms with Gasteiger partial charge < -0.3 is 20.1 Å². The first-order chi connectivity index (χ1) is 11.5. The fourth-order valence-electron chi connectivity index (χ4n) is 1.74. The Bertz CT molecular complexity index is 563. The van der Waals surface area contributed by atoms with Crippen molar-refractivity contribution in [2.45, 2.75) is 39.5 Å². The third-order valence-corrected chi connectivity index (χ3v) is 3.05. The van der Waals surface area contributed by atoms with Crippen molar-refractivity contribution in [1.29, 1.82) is 0 Å². The van der Waals surface area contributed by atoms with Gasteiger partial charge in [0.1, 0.15) is 5.75 Å². The highest BCUT2D eigenvalue weighted by Crippen LogP contribution is 2.17. The predicted molar refractivity (Wildman–Crippen MR) is 97.1 cm³/mol. The number of thiocarbonyl (C=S) groups is 1. The van der Waals surface area contributed by atoms with Crippen LogP contribution in [0.2, 0.25) is 0 Å². The Labute approximate surface area is 147 Å². The Morgan fingerprint density at radius 1 is 1.12 bits per heavy atom. The van der Waals surface area contributed by atoms with E-state index in [-0.39, 0.29) is 29.8 Å². The maximum Gasteiger partial charge on any atom is 0.306 e. The monoisotopic (exact) mass is 352 g/mol. The van der Waals surface area contributed by atoms with Crippen molar-refractivity contribution in [2.24, 2.45) is 0 Å². The van der Waals surface area contributed by atoms with Gasteiger partial charge in [0.2, 0.25) is 5.91 Å². The molecule has 132 valence electrons. The lowest BCUT2D eigenvalue weighted by molar-refractivity contribution is -0.144. The molecule has 1 aromatic rings. The standard InChI is InChI=1S/C17H24N2O4S/c1-3-10-22-14-7-5-6-13(12-14)18-17(24)19-15(20)8-9-16(21)23-11-4-2/h5-7,12H,3-4,8-11H2,1-2H3,(H2,18,19,20,24). The van der Waals surface area contributed by atoms with Gasteiger partial charge in [-0.1, -0.05) is 19.9 Å². The smallest absolute Gasteiger partial charge is 0.306 e. The molecular weight excluding hydrogens is 328 g/mol. The summed E-state index contributed by atoms with van der Waals surface area (Å²) in [5, 5.41) is 5.63. The van der Waals surface area contributed by atoms with E-state index < -0.39 is 0 Å². The Balaban J connectivity index is 2.37. The van der Waals surface area contributed by atoms with E-state index in [9.17, 15) is 9.59 Å². The van der Waals surface area contributed by atoms with E-state index in [1.54, 1.807) is 6.07 Å². The molecule has 0 bridgehead atoms. The third-order valence-electron chi connectivity index (χ3n) is 2.84. The highest BCUT2D eigenvalue weighted by molar-refractivity contribution is 7.80. The normalized spacial score (nSPS) is 9.92. The average molecular weight is 352 g/mol. The number of hydrogen-bond donors (Lipinski definition) is 2. The van der Waals surface area contributed by atoms with Gasteiger partial charge in [-0.05, 0) is 37.2 Å². The van der Waals surface area contributed by atoms with Crippen molar-refractivity contribution < 1.29 is 19.1 Å². The van der Waals surface area contributed by atoms with E-state index in [0.29, 0.717) is 13.2 Å². The lowest BCUT2D eigenvalue weighted by Crippen LogP contribution is -2.34. The fourth-order valence-corrected chi connectivity index (χ4v) is 1.97. The van der Waals surface area contributed by atoms with Gasteiger partial charge in [-0.25, -0.2) is 0 Å². The molecule has 0 aromatic heterocycles. The van der Waals surface area contributed by atoms with Crippen molar-refractivity contribution in [3.8, 4) is 5.75 Å². The Morgan fingerprint density at radius 2 is 1.88 bits per heavy atom. The second kappa shape index (κ2) is 11.4. The SMILES string of the molecule is CCCOC(=O)CCC(=O)NC(=S)Nc1cccc(OCCC)c1. The van der Waals surface area contributed by atoms with E-state index in [1.165, 1.54) is 0 Å². The lowest BCUT2D eigenvalue weighted by Gasteiger charge is -2.11. The van der Waals surface area contributed by atoms with Gasteiger partial charge in [0.05, 0.1) is 19.6 Å². The summed E-state index contributed by atoms with van der Waals surface area (Å²) >= 11 is 5.09. The van der Waals surface area contributed by atoms with Gasteiger partial charge in [-0.3, -0.25) is 9.59 Å². The number of rotatable bonds is 9. The van der Waals surface area contributed by atoms with Crippen LogP contribution >= 0.6 is 12.2 Å². The number of benzene rings is 1. The molecule has 0 atom stereocenters. The summed E-state index contributed by atoms with van der Waals surface area (Å²) < 4.78 is 10.4. The number of hydrogen-bond acceptors (Lipinski definition) is 5. The van der Waals surface area contributed by atoms with Gasteiger partial charge in [0, 0.05) is 18.2 Å². The third kappa shape index (κ3) is 8.47. The van der Waals surface area contributed by atoms with Crippen molar-refractivity contribution in [1.82, 2.24) is 5.32 Å². The number of ether oxygens (including phenoxy) is 2. The van der Waals surface area contributed by atoms with Crippen molar-refractivity contribution in [3.63, 3.8) is 0 Å². The molecule has 1 amide bonds. The van der Waals surface area contributed by atoms with Gasteiger partial charge in [0.15, 0.2) is 5.11 Å². The summed E-state index contributed by atoms with van der Waals surface area (Å²) in [6, 6.07) is 7.31. The highest BCUT2D eigenvalue weighted by atomic mass is 32.1. The first kappa shape index (κ1) is 19.9. The lowest BCUT2D eigenvalue weighted by atomic mass is 10.3. The van der Waals surface area contributed by atoms with Crippen LogP contribution in [0.1, 0.15) is 39.5 Å². The predicted octanol–water partition coefficient (Wildman–Crippen LogP) is 3.02.